The molecule has 0 saturated carbocycles. The molecule has 0 saturated heterocycles. The van der Waals surface area contributed by atoms with Gasteiger partial charge in [-0.15, -0.1) is 5.10 Å². The van der Waals surface area contributed by atoms with Crippen molar-refractivity contribution in [1.29, 1.82) is 0 Å². The van der Waals surface area contributed by atoms with E-state index in [0.717, 1.165) is 11.3 Å². The van der Waals surface area contributed by atoms with E-state index in [1.165, 1.54) is 11.8 Å². The van der Waals surface area contributed by atoms with Crippen molar-refractivity contribution in [2.45, 2.75) is 11.7 Å². The number of benzene rings is 2. The van der Waals surface area contributed by atoms with Crippen LogP contribution in [0, 0.1) is 0 Å². The summed E-state index contributed by atoms with van der Waals surface area (Å²) < 4.78 is 1.56. The average molecular weight is 408 g/mol. The predicted octanol–water partition coefficient (Wildman–Crippen LogP) is 3.72. The number of amides is 1. The lowest BCUT2D eigenvalue weighted by atomic mass is 10.2. The molecule has 0 atom stereocenters. The van der Waals surface area contributed by atoms with E-state index in [1.807, 2.05) is 36.4 Å². The Morgan fingerprint density at radius 1 is 1.15 bits per heavy atom. The number of hydrogen-bond acceptors (Lipinski definition) is 5. The van der Waals surface area contributed by atoms with Gasteiger partial charge in [-0.05, 0) is 46.3 Å². The van der Waals surface area contributed by atoms with Crippen molar-refractivity contribution in [3.63, 3.8) is 0 Å². The van der Waals surface area contributed by atoms with Crippen LogP contribution in [0.2, 0.25) is 10.0 Å². The molecule has 2 aromatic carbocycles. The highest BCUT2D eigenvalue weighted by molar-refractivity contribution is 7.99. The number of thioether (sulfide) groups is 1. The quantitative estimate of drug-likeness (QED) is 0.582. The van der Waals surface area contributed by atoms with Crippen molar-refractivity contribution in [3.8, 4) is 5.69 Å². The van der Waals surface area contributed by atoms with E-state index in [2.05, 4.69) is 15.5 Å². The number of hydrogen-bond donors (Lipinski definition) is 0. The fourth-order valence-corrected chi connectivity index (χ4v) is 3.37. The van der Waals surface area contributed by atoms with Gasteiger partial charge in [0.2, 0.25) is 11.1 Å². The van der Waals surface area contributed by atoms with Crippen LogP contribution in [0.3, 0.4) is 0 Å². The fourth-order valence-electron chi connectivity index (χ4n) is 2.23. The topological polar surface area (TPSA) is 63.9 Å². The summed E-state index contributed by atoms with van der Waals surface area (Å²) in [6.07, 6.45) is 0. The van der Waals surface area contributed by atoms with E-state index in [9.17, 15) is 4.79 Å². The summed E-state index contributed by atoms with van der Waals surface area (Å²) in [5.74, 6) is 0.205. The standard InChI is InChI=1S/C17H15Cl2N5OS/c1-23(10-12-5-7-13(18)8-6-12)16(25)11-26-17-20-21-22-24(17)15-4-2-3-14(19)9-15/h2-9H,10-11H2,1H3. The Hall–Kier alpha value is -2.09. The van der Waals surface area contributed by atoms with Gasteiger partial charge in [0, 0.05) is 23.6 Å². The summed E-state index contributed by atoms with van der Waals surface area (Å²) >= 11 is 13.2. The molecule has 26 heavy (non-hydrogen) atoms. The molecule has 1 aromatic heterocycles. The molecule has 3 aromatic rings. The van der Waals surface area contributed by atoms with Gasteiger partial charge in [0.1, 0.15) is 0 Å². The van der Waals surface area contributed by atoms with Crippen molar-refractivity contribution >= 4 is 40.9 Å². The molecule has 0 N–H and O–H groups in total. The Morgan fingerprint density at radius 2 is 1.92 bits per heavy atom. The molecular weight excluding hydrogens is 393 g/mol. The van der Waals surface area contributed by atoms with Crippen LogP contribution in [0.1, 0.15) is 5.56 Å². The summed E-state index contributed by atoms with van der Waals surface area (Å²) in [5, 5.41) is 13.4. The van der Waals surface area contributed by atoms with Crippen LogP contribution in [0.25, 0.3) is 5.69 Å². The van der Waals surface area contributed by atoms with E-state index < -0.39 is 0 Å². The zero-order valence-electron chi connectivity index (χ0n) is 13.8. The van der Waals surface area contributed by atoms with Crippen LogP contribution in [-0.2, 0) is 11.3 Å². The highest BCUT2D eigenvalue weighted by Gasteiger charge is 2.14. The number of nitrogens with zero attached hydrogens (tertiary/aromatic N) is 5. The lowest BCUT2D eigenvalue weighted by Crippen LogP contribution is -2.27. The van der Waals surface area contributed by atoms with Gasteiger partial charge in [-0.25, -0.2) is 0 Å². The van der Waals surface area contributed by atoms with Crippen molar-refractivity contribution in [2.24, 2.45) is 0 Å². The van der Waals surface area contributed by atoms with Crippen molar-refractivity contribution < 1.29 is 4.79 Å². The summed E-state index contributed by atoms with van der Waals surface area (Å²) in [7, 11) is 1.76. The minimum absolute atomic E-state index is 0.0226. The molecule has 9 heteroatoms. The second kappa shape index (κ2) is 8.53. The maximum Gasteiger partial charge on any atom is 0.233 e. The van der Waals surface area contributed by atoms with Crippen molar-refractivity contribution in [3.05, 3.63) is 64.1 Å². The largest absolute Gasteiger partial charge is 0.341 e. The predicted molar refractivity (Wildman–Crippen MR) is 103 cm³/mol. The van der Waals surface area contributed by atoms with Crippen LogP contribution in [0.5, 0.6) is 0 Å². The maximum atomic E-state index is 12.4. The molecule has 0 aliphatic carbocycles. The molecule has 0 spiro atoms. The molecule has 6 nitrogen and oxygen atoms in total. The zero-order valence-corrected chi connectivity index (χ0v) is 16.2. The number of carbonyl (C=O) groups excluding carboxylic acids is 1. The number of rotatable bonds is 6. The third-order valence-corrected chi connectivity index (χ3v) is 4.97. The maximum absolute atomic E-state index is 12.4. The number of aromatic nitrogens is 4. The molecule has 0 unspecified atom stereocenters. The summed E-state index contributed by atoms with van der Waals surface area (Å²) in [4.78, 5) is 14.0. The number of halogens is 2. The van der Waals surface area contributed by atoms with Gasteiger partial charge in [0.05, 0.1) is 11.4 Å². The Balaban J connectivity index is 1.61. The van der Waals surface area contributed by atoms with Crippen molar-refractivity contribution in [2.75, 3.05) is 12.8 Å². The molecule has 0 fully saturated rings. The summed E-state index contributed by atoms with van der Waals surface area (Å²) in [6.45, 7) is 0.510. The highest BCUT2D eigenvalue weighted by atomic mass is 35.5. The highest BCUT2D eigenvalue weighted by Crippen LogP contribution is 2.21. The first kappa shape index (κ1) is 18.7. The summed E-state index contributed by atoms with van der Waals surface area (Å²) in [6, 6.07) is 14.6. The van der Waals surface area contributed by atoms with Crippen LogP contribution in [0.4, 0.5) is 0 Å². The summed E-state index contributed by atoms with van der Waals surface area (Å²) in [5.41, 5.74) is 1.76. The van der Waals surface area contributed by atoms with Gasteiger partial charge in [0.15, 0.2) is 0 Å². The second-order valence-corrected chi connectivity index (χ2v) is 7.33. The monoisotopic (exact) mass is 407 g/mol. The second-order valence-electron chi connectivity index (χ2n) is 5.52. The Bertz CT molecular complexity index is 900. The average Bonchev–Trinajstić information content (AvgIpc) is 3.10. The lowest BCUT2D eigenvalue weighted by Gasteiger charge is -2.17. The number of carbonyl (C=O) groups is 1. The molecule has 0 aliphatic heterocycles. The minimum atomic E-state index is -0.0226. The van der Waals surface area contributed by atoms with Gasteiger partial charge >= 0.3 is 0 Å². The molecule has 0 bridgehead atoms. The van der Waals surface area contributed by atoms with Crippen LogP contribution >= 0.6 is 35.0 Å². The smallest absolute Gasteiger partial charge is 0.233 e. The molecule has 1 amide bonds. The zero-order chi connectivity index (χ0) is 18.5. The van der Waals surface area contributed by atoms with E-state index in [-0.39, 0.29) is 11.7 Å². The first-order valence-electron chi connectivity index (χ1n) is 7.68. The normalized spacial score (nSPS) is 10.7. The Morgan fingerprint density at radius 3 is 2.65 bits per heavy atom. The van der Waals surface area contributed by atoms with Gasteiger partial charge in [0.25, 0.3) is 0 Å². The molecular formula is C17H15Cl2N5OS. The molecule has 0 radical (unpaired) electrons. The minimum Gasteiger partial charge on any atom is -0.341 e. The Kier molecular flexibility index (Phi) is 6.13. The van der Waals surface area contributed by atoms with Crippen LogP contribution < -0.4 is 0 Å². The lowest BCUT2D eigenvalue weighted by molar-refractivity contribution is -0.127. The third kappa shape index (κ3) is 4.75. The first-order chi connectivity index (χ1) is 12.5. The van der Waals surface area contributed by atoms with Crippen LogP contribution in [-0.4, -0.2) is 43.8 Å². The molecule has 3 rings (SSSR count). The van der Waals surface area contributed by atoms with Gasteiger partial charge in [-0.3, -0.25) is 4.79 Å². The molecule has 134 valence electrons. The SMILES string of the molecule is CN(Cc1ccc(Cl)cc1)C(=O)CSc1nnnn1-c1cccc(Cl)c1. The number of tetrazole rings is 1. The van der Waals surface area contributed by atoms with Crippen LogP contribution in [0.15, 0.2) is 53.7 Å². The first-order valence-corrected chi connectivity index (χ1v) is 9.42. The van der Waals surface area contributed by atoms with Gasteiger partial charge in [-0.1, -0.05) is 53.2 Å². The van der Waals surface area contributed by atoms with E-state index in [0.29, 0.717) is 21.7 Å². The van der Waals surface area contributed by atoms with Gasteiger partial charge < -0.3 is 4.90 Å². The Labute approximate surface area is 165 Å². The van der Waals surface area contributed by atoms with E-state index in [4.69, 9.17) is 23.2 Å². The molecule has 1 heterocycles. The van der Waals surface area contributed by atoms with Crippen molar-refractivity contribution in [1.82, 2.24) is 25.1 Å². The van der Waals surface area contributed by atoms with E-state index >= 15 is 0 Å². The van der Waals surface area contributed by atoms with Gasteiger partial charge in [-0.2, -0.15) is 4.68 Å². The fraction of sp³-hybridized carbons (Fsp3) is 0.176. The molecule has 0 aliphatic rings. The third-order valence-electron chi connectivity index (χ3n) is 3.58. The van der Waals surface area contributed by atoms with E-state index in [1.54, 1.807) is 28.8 Å².